The Morgan fingerprint density at radius 2 is 1.96 bits per heavy atom. The molecule has 2 heterocycles. The number of rotatable bonds is 6. The molecule has 1 aromatic carbocycles. The van der Waals surface area contributed by atoms with Gasteiger partial charge in [0.25, 0.3) is 0 Å². The first-order valence-corrected chi connectivity index (χ1v) is 10.9. The van der Waals surface area contributed by atoms with Gasteiger partial charge in [0.2, 0.25) is 15.9 Å². The minimum atomic E-state index is -3.44. The summed E-state index contributed by atoms with van der Waals surface area (Å²) in [6.45, 7) is 3.15. The summed E-state index contributed by atoms with van der Waals surface area (Å²) in [7, 11) is -3.44. The van der Waals surface area contributed by atoms with Crippen LogP contribution >= 0.6 is 0 Å². The van der Waals surface area contributed by atoms with E-state index in [4.69, 9.17) is 4.52 Å². The minimum Gasteiger partial charge on any atom is -0.339 e. The Balaban J connectivity index is 1.44. The Labute approximate surface area is 154 Å². The standard InChI is InChI=1S/C19H25N3O3S/c1-2-14-5-9-17(10-6-14)26(23,24)22-11-3-4-15(13-22)12-18-20-19(21-25-18)16-7-8-16/h5-6,9-10,15-16H,2-4,7-8,11-13H2,1H3. The molecule has 1 unspecified atom stereocenters. The predicted octanol–water partition coefficient (Wildman–Crippen LogP) is 3.15. The summed E-state index contributed by atoms with van der Waals surface area (Å²) in [5.41, 5.74) is 1.14. The molecule has 0 N–H and O–H groups in total. The van der Waals surface area contributed by atoms with Crippen molar-refractivity contribution in [1.82, 2.24) is 14.4 Å². The van der Waals surface area contributed by atoms with Crippen LogP contribution in [0.3, 0.4) is 0 Å². The van der Waals surface area contributed by atoms with Crippen molar-refractivity contribution in [3.63, 3.8) is 0 Å². The van der Waals surface area contributed by atoms with Crippen molar-refractivity contribution in [2.24, 2.45) is 5.92 Å². The van der Waals surface area contributed by atoms with Crippen molar-refractivity contribution in [3.05, 3.63) is 41.5 Å². The van der Waals surface area contributed by atoms with Crippen LogP contribution < -0.4 is 0 Å². The maximum atomic E-state index is 13.0. The third-order valence-electron chi connectivity index (χ3n) is 5.34. The molecule has 2 aromatic rings. The number of hydrogen-bond acceptors (Lipinski definition) is 5. The van der Waals surface area contributed by atoms with Gasteiger partial charge in [-0.3, -0.25) is 0 Å². The van der Waals surface area contributed by atoms with Gasteiger partial charge < -0.3 is 4.52 Å². The first-order valence-electron chi connectivity index (χ1n) is 9.48. The third kappa shape index (κ3) is 3.69. The molecular formula is C19H25N3O3S. The molecule has 7 heteroatoms. The molecule has 6 nitrogen and oxygen atoms in total. The molecule has 0 spiro atoms. The summed E-state index contributed by atoms with van der Waals surface area (Å²) in [6.07, 6.45) is 5.69. The summed E-state index contributed by atoms with van der Waals surface area (Å²) in [5, 5.41) is 4.06. The van der Waals surface area contributed by atoms with Crippen molar-refractivity contribution < 1.29 is 12.9 Å². The van der Waals surface area contributed by atoms with Crippen LogP contribution in [0.2, 0.25) is 0 Å². The van der Waals surface area contributed by atoms with Gasteiger partial charge in [-0.15, -0.1) is 0 Å². The van der Waals surface area contributed by atoms with Crippen LogP contribution in [0.15, 0.2) is 33.7 Å². The molecule has 1 aromatic heterocycles. The summed E-state index contributed by atoms with van der Waals surface area (Å²) in [6, 6.07) is 7.23. The number of nitrogens with zero attached hydrogens (tertiary/aromatic N) is 3. The van der Waals surface area contributed by atoms with Crippen molar-refractivity contribution in [3.8, 4) is 0 Å². The largest absolute Gasteiger partial charge is 0.339 e. The lowest BCUT2D eigenvalue weighted by molar-refractivity contribution is 0.247. The number of piperidine rings is 1. The summed E-state index contributed by atoms with van der Waals surface area (Å²) in [5.74, 6) is 2.16. The van der Waals surface area contributed by atoms with E-state index in [2.05, 4.69) is 17.1 Å². The molecule has 4 rings (SSSR count). The fourth-order valence-electron chi connectivity index (χ4n) is 3.56. The van der Waals surface area contributed by atoms with E-state index in [0.29, 0.717) is 36.2 Å². The first-order chi connectivity index (χ1) is 12.6. The first kappa shape index (κ1) is 17.7. The molecule has 1 saturated carbocycles. The third-order valence-corrected chi connectivity index (χ3v) is 7.22. The predicted molar refractivity (Wildman–Crippen MR) is 97.3 cm³/mol. The highest BCUT2D eigenvalue weighted by molar-refractivity contribution is 7.89. The van der Waals surface area contributed by atoms with Crippen molar-refractivity contribution >= 4 is 10.0 Å². The maximum absolute atomic E-state index is 13.0. The van der Waals surface area contributed by atoms with Crippen LogP contribution in [0.5, 0.6) is 0 Å². The van der Waals surface area contributed by atoms with Crippen LogP contribution in [0, 0.1) is 5.92 Å². The molecule has 0 radical (unpaired) electrons. The molecule has 0 amide bonds. The fraction of sp³-hybridized carbons (Fsp3) is 0.579. The maximum Gasteiger partial charge on any atom is 0.243 e. The Morgan fingerprint density at radius 1 is 1.19 bits per heavy atom. The second-order valence-electron chi connectivity index (χ2n) is 7.39. The molecular weight excluding hydrogens is 350 g/mol. The van der Waals surface area contributed by atoms with Crippen LogP contribution in [-0.2, 0) is 22.9 Å². The van der Waals surface area contributed by atoms with Gasteiger partial charge in [0.15, 0.2) is 5.82 Å². The molecule has 2 aliphatic rings. The summed E-state index contributed by atoms with van der Waals surface area (Å²) < 4.78 is 32.9. The van der Waals surface area contributed by atoms with E-state index in [0.717, 1.165) is 43.5 Å². The second-order valence-corrected chi connectivity index (χ2v) is 9.33. The van der Waals surface area contributed by atoms with E-state index in [1.807, 2.05) is 12.1 Å². The molecule has 140 valence electrons. The zero-order valence-corrected chi connectivity index (χ0v) is 15.9. The molecule has 1 aliphatic heterocycles. The fourth-order valence-corrected chi connectivity index (χ4v) is 5.12. The van der Waals surface area contributed by atoms with Gasteiger partial charge in [0.1, 0.15) is 0 Å². The van der Waals surface area contributed by atoms with Gasteiger partial charge in [0.05, 0.1) is 4.90 Å². The van der Waals surface area contributed by atoms with Crippen LogP contribution in [0.25, 0.3) is 0 Å². The lowest BCUT2D eigenvalue weighted by Gasteiger charge is -2.31. The Kier molecular flexibility index (Phi) is 4.84. The van der Waals surface area contributed by atoms with E-state index in [9.17, 15) is 8.42 Å². The zero-order chi connectivity index (χ0) is 18.1. The van der Waals surface area contributed by atoms with Gasteiger partial charge >= 0.3 is 0 Å². The monoisotopic (exact) mass is 375 g/mol. The Bertz CT molecular complexity index is 856. The molecule has 1 atom stereocenters. The SMILES string of the molecule is CCc1ccc(S(=O)(=O)N2CCCC(Cc3nc(C4CC4)no3)C2)cc1. The smallest absolute Gasteiger partial charge is 0.243 e. The topological polar surface area (TPSA) is 76.3 Å². The molecule has 1 saturated heterocycles. The molecule has 2 fully saturated rings. The minimum absolute atomic E-state index is 0.223. The van der Waals surface area contributed by atoms with E-state index in [-0.39, 0.29) is 5.92 Å². The number of aryl methyl sites for hydroxylation is 1. The Hall–Kier alpha value is -1.73. The van der Waals surface area contributed by atoms with Crippen molar-refractivity contribution in [1.29, 1.82) is 0 Å². The van der Waals surface area contributed by atoms with E-state index < -0.39 is 10.0 Å². The quantitative estimate of drug-likeness (QED) is 0.775. The lowest BCUT2D eigenvalue weighted by Crippen LogP contribution is -2.40. The van der Waals surface area contributed by atoms with Crippen LogP contribution in [0.4, 0.5) is 0 Å². The summed E-state index contributed by atoms with van der Waals surface area (Å²) >= 11 is 0. The molecule has 26 heavy (non-hydrogen) atoms. The second kappa shape index (κ2) is 7.12. The van der Waals surface area contributed by atoms with Gasteiger partial charge in [-0.2, -0.15) is 9.29 Å². The van der Waals surface area contributed by atoms with Crippen LogP contribution in [0.1, 0.15) is 55.8 Å². The van der Waals surface area contributed by atoms with Crippen molar-refractivity contribution in [2.45, 2.75) is 56.3 Å². The van der Waals surface area contributed by atoms with Gasteiger partial charge in [-0.1, -0.05) is 24.2 Å². The van der Waals surface area contributed by atoms with Gasteiger partial charge in [-0.25, -0.2) is 8.42 Å². The molecule has 0 bridgehead atoms. The number of hydrogen-bond donors (Lipinski definition) is 0. The van der Waals surface area contributed by atoms with E-state index in [1.165, 1.54) is 0 Å². The zero-order valence-electron chi connectivity index (χ0n) is 15.1. The number of sulfonamides is 1. The molecule has 1 aliphatic carbocycles. The lowest BCUT2D eigenvalue weighted by atomic mass is 9.96. The van der Waals surface area contributed by atoms with Gasteiger partial charge in [0, 0.05) is 25.4 Å². The Morgan fingerprint density at radius 3 is 2.65 bits per heavy atom. The van der Waals surface area contributed by atoms with E-state index >= 15 is 0 Å². The highest BCUT2D eigenvalue weighted by Crippen LogP contribution is 2.38. The average Bonchev–Trinajstić information content (AvgIpc) is 3.42. The van der Waals surface area contributed by atoms with E-state index in [1.54, 1.807) is 16.4 Å². The van der Waals surface area contributed by atoms with Crippen molar-refractivity contribution in [2.75, 3.05) is 13.1 Å². The highest BCUT2D eigenvalue weighted by Gasteiger charge is 2.32. The summed E-state index contributed by atoms with van der Waals surface area (Å²) in [4.78, 5) is 4.86. The highest BCUT2D eigenvalue weighted by atomic mass is 32.2. The normalized spacial score (nSPS) is 21.8. The average molecular weight is 375 g/mol. The van der Waals surface area contributed by atoms with Gasteiger partial charge in [-0.05, 0) is 55.7 Å². The number of aromatic nitrogens is 2. The van der Waals surface area contributed by atoms with Crippen LogP contribution in [-0.4, -0.2) is 36.0 Å². The number of benzene rings is 1.